The van der Waals surface area contributed by atoms with Crippen molar-refractivity contribution >= 4 is 5.97 Å². The van der Waals surface area contributed by atoms with Gasteiger partial charge in [-0.15, -0.1) is 0 Å². The minimum absolute atomic E-state index is 0.464. The van der Waals surface area contributed by atoms with Crippen molar-refractivity contribution in [3.8, 4) is 0 Å². The Morgan fingerprint density at radius 1 is 1.15 bits per heavy atom. The third-order valence-electron chi connectivity index (χ3n) is 1.62. The predicted octanol–water partition coefficient (Wildman–Crippen LogP) is 2.02. The molecule has 0 N–H and O–H groups in total. The molecule has 0 aliphatic heterocycles. The fourth-order valence-electron chi connectivity index (χ4n) is 1.22. The van der Waals surface area contributed by atoms with E-state index >= 15 is 0 Å². The lowest BCUT2D eigenvalue weighted by atomic mass is 10.1. The van der Waals surface area contributed by atoms with Crippen LogP contribution in [-0.4, -0.2) is 13.1 Å². The Bertz CT molecular complexity index is 298. The molecule has 3 heteroatoms. The van der Waals surface area contributed by atoms with Gasteiger partial charge >= 0.3 is 5.97 Å². The highest BCUT2D eigenvalue weighted by molar-refractivity contribution is 5.89. The molecule has 70 valence electrons. The number of carbonyl (C=O) groups is 1. The maximum atomic E-state index is 11.2. The minimum atomic E-state index is -0.464. The number of hydrogen-bond donors (Lipinski definition) is 0. The second-order valence-electron chi connectivity index (χ2n) is 2.91. The first-order valence-corrected chi connectivity index (χ1v) is 3.97. The van der Waals surface area contributed by atoms with Crippen LogP contribution in [0.25, 0.3) is 0 Å². The summed E-state index contributed by atoms with van der Waals surface area (Å²) in [6, 6.07) is 5.51. The molecule has 0 spiro atoms. The number of carbonyl (C=O) groups excluding carboxylic acids is 1. The van der Waals surface area contributed by atoms with Gasteiger partial charge in [0, 0.05) is 0 Å². The summed E-state index contributed by atoms with van der Waals surface area (Å²) >= 11 is 0. The monoisotopic (exact) mass is 180 g/mol. The zero-order valence-electron chi connectivity index (χ0n) is 7.96. The molecule has 0 bridgehead atoms. The van der Waals surface area contributed by atoms with Crippen molar-refractivity contribution in [3.63, 3.8) is 0 Å². The highest BCUT2D eigenvalue weighted by Gasteiger charge is 2.07. The van der Waals surface area contributed by atoms with E-state index < -0.39 is 5.97 Å². The maximum Gasteiger partial charge on any atom is 0.373 e. The lowest BCUT2D eigenvalue weighted by molar-refractivity contribution is -0.216. The van der Waals surface area contributed by atoms with E-state index in [4.69, 9.17) is 0 Å². The molecule has 0 saturated carbocycles. The van der Waals surface area contributed by atoms with Gasteiger partial charge in [0.05, 0.1) is 12.7 Å². The molecule has 0 saturated heterocycles. The zero-order chi connectivity index (χ0) is 9.84. The molecule has 0 amide bonds. The van der Waals surface area contributed by atoms with E-state index in [1.54, 1.807) is 12.1 Å². The van der Waals surface area contributed by atoms with Crippen molar-refractivity contribution in [3.05, 3.63) is 34.9 Å². The van der Waals surface area contributed by atoms with Crippen LogP contribution < -0.4 is 0 Å². The number of rotatable bonds is 2. The largest absolute Gasteiger partial charge is 0.373 e. The summed E-state index contributed by atoms with van der Waals surface area (Å²) in [6.07, 6.45) is 0. The lowest BCUT2D eigenvalue weighted by Crippen LogP contribution is -2.04. The van der Waals surface area contributed by atoms with Crippen LogP contribution in [0.15, 0.2) is 18.2 Å². The first kappa shape index (κ1) is 9.74. The molecule has 0 aromatic heterocycles. The summed E-state index contributed by atoms with van der Waals surface area (Å²) < 4.78 is 0. The Kier molecular flexibility index (Phi) is 3.03. The standard InChI is InChI=1S/C10H12O3/c1-7-4-8(2)6-9(5-7)10(11)13-12-3/h4-6H,1-3H3. The summed E-state index contributed by atoms with van der Waals surface area (Å²) in [5.41, 5.74) is 2.57. The van der Waals surface area contributed by atoms with Gasteiger partial charge in [-0.05, 0) is 26.0 Å². The summed E-state index contributed by atoms with van der Waals surface area (Å²) in [5.74, 6) is -0.464. The van der Waals surface area contributed by atoms with Crippen molar-refractivity contribution in [2.24, 2.45) is 0 Å². The molecule has 0 aliphatic carbocycles. The number of benzene rings is 1. The van der Waals surface area contributed by atoms with Crippen molar-refractivity contribution < 1.29 is 14.6 Å². The van der Waals surface area contributed by atoms with Crippen molar-refractivity contribution in [1.82, 2.24) is 0 Å². The Hall–Kier alpha value is -1.35. The van der Waals surface area contributed by atoms with Crippen LogP contribution in [0.1, 0.15) is 21.5 Å². The highest BCUT2D eigenvalue weighted by atomic mass is 17.2. The molecule has 0 heterocycles. The van der Waals surface area contributed by atoms with Gasteiger partial charge in [0.2, 0.25) is 0 Å². The maximum absolute atomic E-state index is 11.2. The van der Waals surface area contributed by atoms with E-state index in [0.717, 1.165) is 11.1 Å². The van der Waals surface area contributed by atoms with Gasteiger partial charge < -0.3 is 0 Å². The smallest absolute Gasteiger partial charge is 0.293 e. The second-order valence-corrected chi connectivity index (χ2v) is 2.91. The van der Waals surface area contributed by atoms with Crippen molar-refractivity contribution in [2.75, 3.05) is 7.11 Å². The Morgan fingerprint density at radius 3 is 2.15 bits per heavy atom. The molecule has 13 heavy (non-hydrogen) atoms. The van der Waals surface area contributed by atoms with E-state index in [1.807, 2.05) is 19.9 Å². The average Bonchev–Trinajstić information content (AvgIpc) is 2.03. The fraction of sp³-hybridized carbons (Fsp3) is 0.300. The molecule has 1 rings (SSSR count). The molecule has 1 aromatic carbocycles. The van der Waals surface area contributed by atoms with Crippen LogP contribution in [0.2, 0.25) is 0 Å². The molecular weight excluding hydrogens is 168 g/mol. The Balaban J connectivity index is 2.94. The fourth-order valence-corrected chi connectivity index (χ4v) is 1.22. The van der Waals surface area contributed by atoms with Crippen LogP contribution in [0, 0.1) is 13.8 Å². The summed E-state index contributed by atoms with van der Waals surface area (Å²) in [5, 5.41) is 0. The quantitative estimate of drug-likeness (QED) is 0.516. The van der Waals surface area contributed by atoms with Crippen molar-refractivity contribution in [2.45, 2.75) is 13.8 Å². The van der Waals surface area contributed by atoms with E-state index in [9.17, 15) is 4.79 Å². The van der Waals surface area contributed by atoms with Gasteiger partial charge in [-0.3, -0.25) is 4.89 Å². The molecule has 1 aromatic rings. The van der Waals surface area contributed by atoms with Gasteiger partial charge in [0.1, 0.15) is 0 Å². The molecular formula is C10H12O3. The first-order chi connectivity index (χ1) is 6.13. The minimum Gasteiger partial charge on any atom is -0.293 e. The van der Waals surface area contributed by atoms with Gasteiger partial charge in [-0.25, -0.2) is 4.79 Å². The number of aryl methyl sites for hydroxylation is 2. The third kappa shape index (κ3) is 2.56. The molecule has 0 aliphatic rings. The van der Waals surface area contributed by atoms with Crippen LogP contribution in [0.3, 0.4) is 0 Å². The van der Waals surface area contributed by atoms with Crippen LogP contribution in [0.4, 0.5) is 0 Å². The van der Waals surface area contributed by atoms with Gasteiger partial charge in [0.15, 0.2) is 0 Å². The number of hydrogen-bond acceptors (Lipinski definition) is 3. The average molecular weight is 180 g/mol. The van der Waals surface area contributed by atoms with E-state index in [2.05, 4.69) is 9.78 Å². The first-order valence-electron chi connectivity index (χ1n) is 3.97. The lowest BCUT2D eigenvalue weighted by Gasteiger charge is -2.02. The van der Waals surface area contributed by atoms with Gasteiger partial charge in [-0.2, -0.15) is 4.89 Å². The molecule has 0 atom stereocenters. The third-order valence-corrected chi connectivity index (χ3v) is 1.62. The second kappa shape index (κ2) is 4.05. The Labute approximate surface area is 77.2 Å². The van der Waals surface area contributed by atoms with Gasteiger partial charge in [-0.1, -0.05) is 17.2 Å². The van der Waals surface area contributed by atoms with E-state index in [0.29, 0.717) is 5.56 Å². The van der Waals surface area contributed by atoms with Crippen molar-refractivity contribution in [1.29, 1.82) is 0 Å². The molecule has 0 unspecified atom stereocenters. The summed E-state index contributed by atoms with van der Waals surface area (Å²) in [6.45, 7) is 3.85. The molecule has 0 fully saturated rings. The highest BCUT2D eigenvalue weighted by Crippen LogP contribution is 2.09. The van der Waals surface area contributed by atoms with E-state index in [1.165, 1.54) is 7.11 Å². The van der Waals surface area contributed by atoms with Crippen LogP contribution in [0.5, 0.6) is 0 Å². The van der Waals surface area contributed by atoms with E-state index in [-0.39, 0.29) is 0 Å². The zero-order valence-corrected chi connectivity index (χ0v) is 7.96. The SMILES string of the molecule is COOC(=O)c1cc(C)cc(C)c1. The van der Waals surface area contributed by atoms with Crippen LogP contribution >= 0.6 is 0 Å². The van der Waals surface area contributed by atoms with Gasteiger partial charge in [0.25, 0.3) is 0 Å². The predicted molar refractivity (Wildman–Crippen MR) is 48.3 cm³/mol. The van der Waals surface area contributed by atoms with Crippen LogP contribution in [-0.2, 0) is 9.78 Å². The summed E-state index contributed by atoms with van der Waals surface area (Å²) in [4.78, 5) is 19.9. The summed E-state index contributed by atoms with van der Waals surface area (Å²) in [7, 11) is 1.31. The Morgan fingerprint density at radius 2 is 1.69 bits per heavy atom. The molecule has 0 radical (unpaired) electrons. The normalized spacial score (nSPS) is 9.77. The topological polar surface area (TPSA) is 35.5 Å². The molecule has 3 nitrogen and oxygen atoms in total.